The maximum atomic E-state index is 11.2. The van der Waals surface area contributed by atoms with Gasteiger partial charge in [-0.25, -0.2) is 0 Å². The molecule has 1 aliphatic heterocycles. The first-order valence-corrected chi connectivity index (χ1v) is 5.66. The number of rotatable bonds is 3. The third-order valence-corrected chi connectivity index (χ3v) is 2.97. The van der Waals surface area contributed by atoms with Gasteiger partial charge in [-0.3, -0.25) is 4.79 Å². The maximum Gasteiger partial charge on any atom is 0.172 e. The molecule has 0 saturated carbocycles. The van der Waals surface area contributed by atoms with Crippen LogP contribution in [0.15, 0.2) is 23.6 Å². The first-order valence-electron chi connectivity index (χ1n) is 5.13. The van der Waals surface area contributed by atoms with Gasteiger partial charge in [-0.05, 0) is 12.5 Å². The molecule has 0 amide bonds. The maximum absolute atomic E-state index is 11.2. The fourth-order valence-corrected chi connectivity index (χ4v) is 2.03. The molecule has 3 nitrogen and oxygen atoms in total. The van der Waals surface area contributed by atoms with Crippen molar-refractivity contribution >= 4 is 17.4 Å². The number of carbonyl (C=O) groups excluding carboxylic acids is 1. The highest BCUT2D eigenvalue weighted by atomic mass is 35.5. The number of ketones is 1. The molecule has 82 valence electrons. The lowest BCUT2D eigenvalue weighted by molar-refractivity contribution is -0.114. The largest absolute Gasteiger partial charge is 0.468 e. The number of alkyl halides is 1. The molecular weight excluding hydrogens is 214 g/mol. The lowest BCUT2D eigenvalue weighted by Gasteiger charge is -2.19. The van der Waals surface area contributed by atoms with E-state index >= 15 is 0 Å². The SMILES string of the molecule is CN1C2=CCC(=O)C=C2OC1CCCCl. The summed E-state index contributed by atoms with van der Waals surface area (Å²) in [5.74, 6) is 1.47. The standard InChI is InChI=1S/C11H14ClNO2/c1-13-9-5-4-8(14)7-10(9)15-11(13)3-2-6-12/h5,7,11H,2-4,6H2,1H3. The zero-order chi connectivity index (χ0) is 10.8. The molecule has 1 atom stereocenters. The molecule has 2 aliphatic rings. The van der Waals surface area contributed by atoms with Crippen LogP contribution in [-0.2, 0) is 9.53 Å². The van der Waals surface area contributed by atoms with E-state index in [1.54, 1.807) is 6.08 Å². The number of halogens is 1. The van der Waals surface area contributed by atoms with E-state index in [1.807, 2.05) is 13.1 Å². The zero-order valence-electron chi connectivity index (χ0n) is 8.70. The van der Waals surface area contributed by atoms with Gasteiger partial charge in [0.1, 0.15) is 5.76 Å². The van der Waals surface area contributed by atoms with E-state index in [0.717, 1.165) is 18.5 Å². The summed E-state index contributed by atoms with van der Waals surface area (Å²) in [5, 5.41) is 0. The van der Waals surface area contributed by atoms with Gasteiger partial charge in [-0.1, -0.05) is 0 Å². The van der Waals surface area contributed by atoms with Crippen molar-refractivity contribution in [2.45, 2.75) is 25.5 Å². The van der Waals surface area contributed by atoms with Gasteiger partial charge in [0.2, 0.25) is 0 Å². The van der Waals surface area contributed by atoms with Crippen molar-refractivity contribution in [1.82, 2.24) is 4.90 Å². The average molecular weight is 228 g/mol. The Kier molecular flexibility index (Phi) is 3.00. The monoisotopic (exact) mass is 227 g/mol. The Bertz CT molecular complexity index is 335. The average Bonchev–Trinajstić information content (AvgIpc) is 2.52. The highest BCUT2D eigenvalue weighted by molar-refractivity contribution is 6.17. The normalized spacial score (nSPS) is 24.5. The molecule has 4 heteroatoms. The molecule has 0 radical (unpaired) electrons. The summed E-state index contributed by atoms with van der Waals surface area (Å²) < 4.78 is 5.69. The van der Waals surface area contributed by atoms with Crippen molar-refractivity contribution in [3.05, 3.63) is 23.6 Å². The Morgan fingerprint density at radius 2 is 2.47 bits per heavy atom. The van der Waals surface area contributed by atoms with Gasteiger partial charge in [0, 0.05) is 31.8 Å². The molecular formula is C11H14ClNO2. The summed E-state index contributed by atoms with van der Waals surface area (Å²) in [6, 6.07) is 0. The number of likely N-dealkylation sites (N-methyl/N-ethyl adjacent to an activating group) is 1. The lowest BCUT2D eigenvalue weighted by atomic mass is 10.1. The Hall–Kier alpha value is -0.960. The number of carbonyl (C=O) groups is 1. The number of hydrogen-bond donors (Lipinski definition) is 0. The number of hydrogen-bond acceptors (Lipinski definition) is 3. The van der Waals surface area contributed by atoms with Crippen LogP contribution >= 0.6 is 11.6 Å². The van der Waals surface area contributed by atoms with Crippen molar-refractivity contribution in [3.63, 3.8) is 0 Å². The number of nitrogens with zero attached hydrogens (tertiary/aromatic N) is 1. The van der Waals surface area contributed by atoms with Crippen LogP contribution in [0.1, 0.15) is 19.3 Å². The summed E-state index contributed by atoms with van der Waals surface area (Å²) in [5.41, 5.74) is 1.04. The number of ether oxygens (including phenoxy) is 1. The predicted molar refractivity (Wildman–Crippen MR) is 58.4 cm³/mol. The van der Waals surface area contributed by atoms with Crippen molar-refractivity contribution in [2.24, 2.45) is 0 Å². The Balaban J connectivity index is 2.09. The van der Waals surface area contributed by atoms with Crippen molar-refractivity contribution in [1.29, 1.82) is 0 Å². The first kappa shape index (κ1) is 10.6. The molecule has 0 spiro atoms. The third kappa shape index (κ3) is 2.02. The Labute approximate surface area is 94.3 Å². The smallest absolute Gasteiger partial charge is 0.172 e. The zero-order valence-corrected chi connectivity index (χ0v) is 9.46. The Morgan fingerprint density at radius 3 is 3.20 bits per heavy atom. The van der Waals surface area contributed by atoms with E-state index < -0.39 is 0 Å². The van der Waals surface area contributed by atoms with Gasteiger partial charge in [0.15, 0.2) is 12.0 Å². The molecule has 1 fully saturated rings. The molecule has 0 aromatic rings. The van der Waals surface area contributed by atoms with E-state index in [2.05, 4.69) is 4.90 Å². The van der Waals surface area contributed by atoms with Gasteiger partial charge >= 0.3 is 0 Å². The third-order valence-electron chi connectivity index (χ3n) is 2.70. The molecule has 1 saturated heterocycles. The van der Waals surface area contributed by atoms with Gasteiger partial charge < -0.3 is 9.64 Å². The molecule has 0 aromatic heterocycles. The van der Waals surface area contributed by atoms with Crippen LogP contribution in [0.2, 0.25) is 0 Å². The molecule has 1 unspecified atom stereocenters. The van der Waals surface area contributed by atoms with Gasteiger partial charge in [-0.2, -0.15) is 0 Å². The van der Waals surface area contributed by atoms with Crippen LogP contribution in [0, 0.1) is 0 Å². The first-order chi connectivity index (χ1) is 7.22. The minimum atomic E-state index is 0.0344. The van der Waals surface area contributed by atoms with Crippen LogP contribution in [-0.4, -0.2) is 29.8 Å². The van der Waals surface area contributed by atoms with Gasteiger partial charge in [-0.15, -0.1) is 11.6 Å². The molecule has 1 aliphatic carbocycles. The van der Waals surface area contributed by atoms with Crippen LogP contribution in [0.25, 0.3) is 0 Å². The van der Waals surface area contributed by atoms with Crippen LogP contribution < -0.4 is 0 Å². The molecule has 2 rings (SSSR count). The fraction of sp³-hybridized carbons (Fsp3) is 0.545. The number of allylic oxidation sites excluding steroid dienone is 2. The summed E-state index contributed by atoms with van der Waals surface area (Å²) in [6.45, 7) is 0. The van der Waals surface area contributed by atoms with E-state index in [-0.39, 0.29) is 12.0 Å². The van der Waals surface area contributed by atoms with Crippen molar-refractivity contribution in [2.75, 3.05) is 12.9 Å². The van der Waals surface area contributed by atoms with Gasteiger partial charge in [0.05, 0.1) is 5.70 Å². The van der Waals surface area contributed by atoms with Gasteiger partial charge in [0.25, 0.3) is 0 Å². The molecule has 0 aromatic carbocycles. The number of fused-ring (bicyclic) bond motifs is 1. The molecule has 0 N–H and O–H groups in total. The van der Waals surface area contributed by atoms with Crippen LogP contribution in [0.4, 0.5) is 0 Å². The fourth-order valence-electron chi connectivity index (χ4n) is 1.87. The lowest BCUT2D eigenvalue weighted by Crippen LogP contribution is -2.25. The quantitative estimate of drug-likeness (QED) is 0.691. The second-order valence-corrected chi connectivity index (χ2v) is 4.16. The second kappa shape index (κ2) is 4.27. The molecule has 1 heterocycles. The van der Waals surface area contributed by atoms with E-state index in [1.165, 1.54) is 0 Å². The summed E-state index contributed by atoms with van der Waals surface area (Å²) in [7, 11) is 1.99. The van der Waals surface area contributed by atoms with E-state index in [0.29, 0.717) is 18.1 Å². The van der Waals surface area contributed by atoms with Crippen molar-refractivity contribution < 1.29 is 9.53 Å². The molecule has 15 heavy (non-hydrogen) atoms. The van der Waals surface area contributed by atoms with Crippen LogP contribution in [0.3, 0.4) is 0 Å². The second-order valence-electron chi connectivity index (χ2n) is 3.78. The summed E-state index contributed by atoms with van der Waals surface area (Å²) >= 11 is 5.65. The highest BCUT2D eigenvalue weighted by Gasteiger charge is 2.32. The minimum Gasteiger partial charge on any atom is -0.468 e. The summed E-state index contributed by atoms with van der Waals surface area (Å²) in [6.07, 6.45) is 5.85. The van der Waals surface area contributed by atoms with E-state index in [9.17, 15) is 4.79 Å². The van der Waals surface area contributed by atoms with Crippen LogP contribution in [0.5, 0.6) is 0 Å². The highest BCUT2D eigenvalue weighted by Crippen LogP contribution is 2.33. The van der Waals surface area contributed by atoms with E-state index in [4.69, 9.17) is 16.3 Å². The minimum absolute atomic E-state index is 0.0344. The topological polar surface area (TPSA) is 29.5 Å². The Morgan fingerprint density at radius 1 is 1.67 bits per heavy atom. The molecule has 0 bridgehead atoms. The summed E-state index contributed by atoms with van der Waals surface area (Å²) in [4.78, 5) is 13.3. The predicted octanol–water partition coefficient (Wildman–Crippen LogP) is 2.03. The van der Waals surface area contributed by atoms with Crippen molar-refractivity contribution in [3.8, 4) is 0 Å².